The van der Waals surface area contributed by atoms with Gasteiger partial charge in [-0.15, -0.1) is 0 Å². The first-order valence-electron chi connectivity index (χ1n) is 4.08. The summed E-state index contributed by atoms with van der Waals surface area (Å²) in [4.78, 5) is 4.65. The van der Waals surface area contributed by atoms with Gasteiger partial charge < -0.3 is 4.84 Å². The highest BCUT2D eigenvalue weighted by Gasteiger charge is 2.28. The third kappa shape index (κ3) is 2.43. The molecule has 0 amide bonds. The average molecular weight is 193 g/mol. The van der Waals surface area contributed by atoms with Crippen LogP contribution < -0.4 is 5.90 Å². The molecule has 0 radical (unpaired) electrons. The fourth-order valence-electron chi connectivity index (χ4n) is 1.61. The van der Waals surface area contributed by atoms with Crippen molar-refractivity contribution in [2.45, 2.75) is 37.0 Å². The molecular formula is C7H15NO3S. The third-order valence-corrected chi connectivity index (χ3v) is 4.02. The Morgan fingerprint density at radius 1 is 1.42 bits per heavy atom. The van der Waals surface area contributed by atoms with Crippen LogP contribution in [-0.2, 0) is 14.7 Å². The molecule has 0 aromatic heterocycles. The fraction of sp³-hybridized carbons (Fsp3) is 1.00. The van der Waals surface area contributed by atoms with E-state index in [9.17, 15) is 8.42 Å². The fourth-order valence-corrected chi connectivity index (χ4v) is 2.77. The standard InChI is InChI=1S/C7H15NO3S/c1-12(9,10)7-4-2-3-6(5-7)11-8/h6-7H,2-5,8H2,1H3. The molecule has 1 aliphatic carbocycles. The van der Waals surface area contributed by atoms with Crippen molar-refractivity contribution in [3.05, 3.63) is 0 Å². The van der Waals surface area contributed by atoms with E-state index >= 15 is 0 Å². The summed E-state index contributed by atoms with van der Waals surface area (Å²) in [6.07, 6.45) is 4.27. The Morgan fingerprint density at radius 2 is 2.08 bits per heavy atom. The molecule has 1 aliphatic rings. The van der Waals surface area contributed by atoms with E-state index in [2.05, 4.69) is 4.84 Å². The Balaban J connectivity index is 2.58. The first kappa shape index (κ1) is 9.95. The van der Waals surface area contributed by atoms with Crippen molar-refractivity contribution in [2.24, 2.45) is 5.90 Å². The van der Waals surface area contributed by atoms with Crippen LogP contribution in [-0.4, -0.2) is 26.0 Å². The van der Waals surface area contributed by atoms with Crippen molar-refractivity contribution in [3.8, 4) is 0 Å². The highest BCUT2D eigenvalue weighted by Crippen LogP contribution is 2.24. The predicted molar refractivity (Wildman–Crippen MR) is 46.2 cm³/mol. The Labute approximate surface area is 73.0 Å². The second kappa shape index (κ2) is 3.72. The molecule has 0 spiro atoms. The van der Waals surface area contributed by atoms with Gasteiger partial charge in [0.05, 0.1) is 11.4 Å². The maximum atomic E-state index is 11.2. The van der Waals surface area contributed by atoms with E-state index in [1.54, 1.807) is 0 Å². The van der Waals surface area contributed by atoms with E-state index in [0.29, 0.717) is 6.42 Å². The van der Waals surface area contributed by atoms with Gasteiger partial charge in [0.15, 0.2) is 0 Å². The summed E-state index contributed by atoms with van der Waals surface area (Å²) < 4.78 is 22.3. The van der Waals surface area contributed by atoms with Gasteiger partial charge in [0, 0.05) is 6.26 Å². The monoisotopic (exact) mass is 193 g/mol. The molecule has 72 valence electrons. The Hall–Kier alpha value is -0.130. The summed E-state index contributed by atoms with van der Waals surface area (Å²) >= 11 is 0. The van der Waals surface area contributed by atoms with Crippen molar-refractivity contribution in [2.75, 3.05) is 6.26 Å². The maximum Gasteiger partial charge on any atom is 0.150 e. The second-order valence-corrected chi connectivity index (χ2v) is 5.70. The molecule has 0 saturated heterocycles. The van der Waals surface area contributed by atoms with Crippen LogP contribution in [0.25, 0.3) is 0 Å². The summed E-state index contributed by atoms with van der Waals surface area (Å²) in [6.45, 7) is 0. The summed E-state index contributed by atoms with van der Waals surface area (Å²) in [6, 6.07) is 0. The summed E-state index contributed by atoms with van der Waals surface area (Å²) in [5.74, 6) is 5.01. The smallest absolute Gasteiger partial charge is 0.150 e. The lowest BCUT2D eigenvalue weighted by Crippen LogP contribution is -2.32. The minimum atomic E-state index is -2.90. The van der Waals surface area contributed by atoms with Gasteiger partial charge >= 0.3 is 0 Å². The van der Waals surface area contributed by atoms with Crippen LogP contribution in [0.5, 0.6) is 0 Å². The molecule has 0 aromatic rings. The molecule has 0 bridgehead atoms. The molecule has 1 saturated carbocycles. The summed E-state index contributed by atoms with van der Waals surface area (Å²) in [5.41, 5.74) is 0. The van der Waals surface area contributed by atoms with Gasteiger partial charge in [-0.25, -0.2) is 14.3 Å². The van der Waals surface area contributed by atoms with E-state index < -0.39 is 9.84 Å². The van der Waals surface area contributed by atoms with Crippen molar-refractivity contribution >= 4 is 9.84 Å². The Kier molecular flexibility index (Phi) is 3.09. The normalized spacial score (nSPS) is 31.8. The van der Waals surface area contributed by atoms with E-state index in [1.807, 2.05) is 0 Å². The zero-order chi connectivity index (χ0) is 9.19. The Morgan fingerprint density at radius 3 is 2.58 bits per heavy atom. The van der Waals surface area contributed by atoms with Gasteiger partial charge in [-0.1, -0.05) is 0 Å². The molecule has 1 fully saturated rings. The first-order valence-corrected chi connectivity index (χ1v) is 6.04. The largest absolute Gasteiger partial charge is 0.301 e. The zero-order valence-corrected chi connectivity index (χ0v) is 8.01. The SMILES string of the molecule is CS(=O)(=O)C1CCCC(ON)C1. The quantitative estimate of drug-likeness (QED) is 0.637. The van der Waals surface area contributed by atoms with Gasteiger partial charge in [0.2, 0.25) is 0 Å². The molecule has 5 heteroatoms. The van der Waals surface area contributed by atoms with Crippen LogP contribution >= 0.6 is 0 Å². The van der Waals surface area contributed by atoms with Crippen LogP contribution in [0, 0.1) is 0 Å². The number of hydrogen-bond acceptors (Lipinski definition) is 4. The lowest BCUT2D eigenvalue weighted by atomic mass is 9.97. The van der Waals surface area contributed by atoms with Crippen molar-refractivity contribution in [1.82, 2.24) is 0 Å². The Bertz CT molecular complexity index is 237. The van der Waals surface area contributed by atoms with E-state index in [0.717, 1.165) is 19.3 Å². The van der Waals surface area contributed by atoms with Gasteiger partial charge in [-0.3, -0.25) is 0 Å². The summed E-state index contributed by atoms with van der Waals surface area (Å²) in [5, 5.41) is -0.250. The average Bonchev–Trinajstić information content (AvgIpc) is 2.03. The molecular weight excluding hydrogens is 178 g/mol. The van der Waals surface area contributed by atoms with Crippen LogP contribution in [0.15, 0.2) is 0 Å². The molecule has 4 nitrogen and oxygen atoms in total. The minimum absolute atomic E-state index is 0.0709. The molecule has 0 heterocycles. The van der Waals surface area contributed by atoms with Crippen LogP contribution in [0.2, 0.25) is 0 Å². The minimum Gasteiger partial charge on any atom is -0.301 e. The van der Waals surface area contributed by atoms with Gasteiger partial charge in [-0.05, 0) is 25.7 Å². The van der Waals surface area contributed by atoms with E-state index in [-0.39, 0.29) is 11.4 Å². The molecule has 2 unspecified atom stereocenters. The number of rotatable bonds is 2. The third-order valence-electron chi connectivity index (χ3n) is 2.38. The highest BCUT2D eigenvalue weighted by molar-refractivity contribution is 7.91. The van der Waals surface area contributed by atoms with E-state index in [4.69, 9.17) is 5.90 Å². The maximum absolute atomic E-state index is 11.2. The molecule has 0 aliphatic heterocycles. The number of hydrogen-bond donors (Lipinski definition) is 1. The summed E-state index contributed by atoms with van der Waals surface area (Å²) in [7, 11) is -2.90. The van der Waals surface area contributed by atoms with Crippen LogP contribution in [0.1, 0.15) is 25.7 Å². The zero-order valence-electron chi connectivity index (χ0n) is 7.19. The topological polar surface area (TPSA) is 69.4 Å². The van der Waals surface area contributed by atoms with E-state index in [1.165, 1.54) is 6.26 Å². The molecule has 2 N–H and O–H groups in total. The van der Waals surface area contributed by atoms with Crippen LogP contribution in [0.4, 0.5) is 0 Å². The number of nitrogens with two attached hydrogens (primary N) is 1. The first-order chi connectivity index (χ1) is 5.54. The predicted octanol–water partition coefficient (Wildman–Crippen LogP) is 0.233. The molecule has 2 atom stereocenters. The van der Waals surface area contributed by atoms with Crippen molar-refractivity contribution < 1.29 is 13.3 Å². The van der Waals surface area contributed by atoms with Crippen molar-refractivity contribution in [1.29, 1.82) is 0 Å². The second-order valence-electron chi connectivity index (χ2n) is 3.38. The molecule has 1 rings (SSSR count). The molecule has 12 heavy (non-hydrogen) atoms. The van der Waals surface area contributed by atoms with Crippen molar-refractivity contribution in [3.63, 3.8) is 0 Å². The van der Waals surface area contributed by atoms with Gasteiger partial charge in [0.25, 0.3) is 0 Å². The number of sulfone groups is 1. The lowest BCUT2D eigenvalue weighted by molar-refractivity contribution is 0.0289. The highest BCUT2D eigenvalue weighted by atomic mass is 32.2. The van der Waals surface area contributed by atoms with Gasteiger partial charge in [-0.2, -0.15) is 0 Å². The van der Waals surface area contributed by atoms with Gasteiger partial charge in [0.1, 0.15) is 9.84 Å². The molecule has 0 aromatic carbocycles. The van der Waals surface area contributed by atoms with Crippen LogP contribution in [0.3, 0.4) is 0 Å². The lowest BCUT2D eigenvalue weighted by Gasteiger charge is -2.25.